The number of nitriles is 1. The molecule has 0 fully saturated rings. The molecule has 0 spiro atoms. The van der Waals surface area contributed by atoms with Crippen molar-refractivity contribution in [3.63, 3.8) is 0 Å². The lowest BCUT2D eigenvalue weighted by molar-refractivity contribution is 1.03. The minimum absolute atomic E-state index is 0.761. The van der Waals surface area contributed by atoms with Crippen LogP contribution in [-0.4, -0.2) is 0 Å². The zero-order valence-corrected chi connectivity index (χ0v) is 6.75. The molecule has 0 saturated carbocycles. The van der Waals surface area contributed by atoms with E-state index >= 15 is 0 Å². The van der Waals surface area contributed by atoms with E-state index in [9.17, 15) is 0 Å². The highest BCUT2D eigenvalue weighted by Crippen LogP contribution is 2.00. The van der Waals surface area contributed by atoms with Crippen LogP contribution in [0.2, 0.25) is 0 Å². The van der Waals surface area contributed by atoms with E-state index < -0.39 is 0 Å². The fourth-order valence-corrected chi connectivity index (χ4v) is 0.954. The van der Waals surface area contributed by atoms with Crippen LogP contribution in [-0.2, 0) is 6.42 Å². The van der Waals surface area contributed by atoms with Crippen LogP contribution in [0.5, 0.6) is 0 Å². The van der Waals surface area contributed by atoms with E-state index in [0.717, 1.165) is 12.8 Å². The first-order chi connectivity index (χ1) is 5.93. The molecule has 1 nitrogen and oxygen atoms in total. The van der Waals surface area contributed by atoms with Gasteiger partial charge >= 0.3 is 0 Å². The number of rotatable bonds is 2. The van der Waals surface area contributed by atoms with E-state index in [-0.39, 0.29) is 0 Å². The zero-order chi connectivity index (χ0) is 8.65. The third kappa shape index (κ3) is 2.90. The molecule has 1 heteroatoms. The molecule has 1 aromatic carbocycles. The van der Waals surface area contributed by atoms with Crippen molar-refractivity contribution >= 4 is 0 Å². The minimum Gasteiger partial charge on any atom is -0.183 e. The highest BCUT2D eigenvalue weighted by atomic mass is 14.2. The van der Waals surface area contributed by atoms with Gasteiger partial charge in [-0.3, -0.25) is 0 Å². The van der Waals surface area contributed by atoms with Gasteiger partial charge in [-0.2, -0.15) is 5.26 Å². The Morgan fingerprint density at radius 1 is 1.17 bits per heavy atom. The number of aryl methyl sites for hydroxylation is 1. The molecule has 0 heterocycles. The van der Waals surface area contributed by atoms with E-state index in [4.69, 9.17) is 5.26 Å². The van der Waals surface area contributed by atoms with Crippen molar-refractivity contribution in [3.05, 3.63) is 35.9 Å². The summed E-state index contributed by atoms with van der Waals surface area (Å²) in [6, 6.07) is 11.9. The van der Waals surface area contributed by atoms with Gasteiger partial charge in [0.05, 0.1) is 0 Å². The molecule has 0 aliphatic heterocycles. The van der Waals surface area contributed by atoms with Crippen molar-refractivity contribution in [3.8, 4) is 17.9 Å². The Hall–Kier alpha value is -1.73. The van der Waals surface area contributed by atoms with Gasteiger partial charge in [-0.15, -0.1) is 0 Å². The molecule has 0 radical (unpaired) electrons. The van der Waals surface area contributed by atoms with Crippen molar-refractivity contribution in [2.45, 2.75) is 12.8 Å². The summed E-state index contributed by atoms with van der Waals surface area (Å²) in [4.78, 5) is 0. The topological polar surface area (TPSA) is 23.8 Å². The Labute approximate surface area is 72.6 Å². The summed E-state index contributed by atoms with van der Waals surface area (Å²) >= 11 is 0. The maximum atomic E-state index is 8.14. The van der Waals surface area contributed by atoms with Gasteiger partial charge in [0.1, 0.15) is 0 Å². The molecule has 0 bridgehead atoms. The summed E-state index contributed by atoms with van der Waals surface area (Å²) in [5.41, 5.74) is 1.27. The Balaban J connectivity index is 2.40. The van der Waals surface area contributed by atoms with Gasteiger partial charge < -0.3 is 0 Å². The second-order valence-corrected chi connectivity index (χ2v) is 2.40. The molecule has 0 atom stereocenters. The van der Waals surface area contributed by atoms with E-state index in [2.05, 4.69) is 24.0 Å². The van der Waals surface area contributed by atoms with E-state index in [1.165, 1.54) is 5.56 Å². The summed E-state index contributed by atoms with van der Waals surface area (Å²) in [7, 11) is 0. The van der Waals surface area contributed by atoms with E-state index in [1.54, 1.807) is 6.07 Å². The Kier molecular flexibility index (Phi) is 3.48. The van der Waals surface area contributed by atoms with Gasteiger partial charge in [0, 0.05) is 12.3 Å². The van der Waals surface area contributed by atoms with Gasteiger partial charge in [-0.1, -0.05) is 36.3 Å². The maximum Gasteiger partial charge on any atom is 0.152 e. The van der Waals surface area contributed by atoms with Gasteiger partial charge in [-0.25, -0.2) is 0 Å². The highest BCUT2D eigenvalue weighted by Gasteiger charge is 1.86. The zero-order valence-electron chi connectivity index (χ0n) is 6.75. The normalized spacial score (nSPS) is 7.92. The molecule has 1 aromatic rings. The van der Waals surface area contributed by atoms with Crippen molar-refractivity contribution in [1.29, 1.82) is 5.26 Å². The van der Waals surface area contributed by atoms with Crippen LogP contribution in [0.15, 0.2) is 30.3 Å². The monoisotopic (exact) mass is 155 g/mol. The molecule has 58 valence electrons. The van der Waals surface area contributed by atoms with E-state index in [0.29, 0.717) is 0 Å². The molecule has 12 heavy (non-hydrogen) atoms. The molecule has 0 aliphatic rings. The number of benzene rings is 1. The van der Waals surface area contributed by atoms with Crippen LogP contribution in [0.4, 0.5) is 0 Å². The van der Waals surface area contributed by atoms with Gasteiger partial charge in [0.2, 0.25) is 0 Å². The van der Waals surface area contributed by atoms with Gasteiger partial charge in [-0.05, 0) is 12.0 Å². The molecule has 0 aliphatic carbocycles. The summed E-state index contributed by atoms with van der Waals surface area (Å²) in [5.74, 6) is 5.15. The molecule has 0 aromatic heterocycles. The van der Waals surface area contributed by atoms with Crippen LogP contribution in [0.1, 0.15) is 12.0 Å². The van der Waals surface area contributed by atoms with Crippen molar-refractivity contribution in [2.24, 2.45) is 0 Å². The van der Waals surface area contributed by atoms with E-state index in [1.807, 2.05) is 18.2 Å². The van der Waals surface area contributed by atoms with Gasteiger partial charge in [0.15, 0.2) is 6.07 Å². The predicted octanol–water partition coefficient (Wildman–Crippen LogP) is 2.15. The third-order valence-electron chi connectivity index (χ3n) is 1.53. The van der Waals surface area contributed by atoms with Crippen LogP contribution in [0, 0.1) is 23.2 Å². The molecule has 0 saturated heterocycles. The first-order valence-corrected chi connectivity index (χ1v) is 3.84. The summed E-state index contributed by atoms with van der Waals surface area (Å²) in [5, 5.41) is 8.14. The molecular formula is C11H9N. The van der Waals surface area contributed by atoms with Crippen molar-refractivity contribution in [1.82, 2.24) is 0 Å². The molecule has 0 amide bonds. The van der Waals surface area contributed by atoms with Crippen LogP contribution in [0.25, 0.3) is 0 Å². The molecule has 0 N–H and O–H groups in total. The average Bonchev–Trinajstić information content (AvgIpc) is 2.14. The smallest absolute Gasteiger partial charge is 0.152 e. The first kappa shape index (κ1) is 8.37. The second kappa shape index (κ2) is 4.99. The summed E-state index contributed by atoms with van der Waals surface area (Å²) < 4.78 is 0. The lowest BCUT2D eigenvalue weighted by Crippen LogP contribution is -1.80. The Morgan fingerprint density at radius 3 is 2.58 bits per heavy atom. The van der Waals surface area contributed by atoms with Gasteiger partial charge in [0.25, 0.3) is 0 Å². The lowest BCUT2D eigenvalue weighted by Gasteiger charge is -1.93. The SMILES string of the molecule is N#CC#CCCc1ccccc1. The number of hydrogen-bond donors (Lipinski definition) is 0. The largest absolute Gasteiger partial charge is 0.183 e. The van der Waals surface area contributed by atoms with Crippen LogP contribution < -0.4 is 0 Å². The number of nitrogens with zero attached hydrogens (tertiary/aromatic N) is 1. The molecule has 1 rings (SSSR count). The predicted molar refractivity (Wildman–Crippen MR) is 48.2 cm³/mol. The fourth-order valence-electron chi connectivity index (χ4n) is 0.954. The quantitative estimate of drug-likeness (QED) is 0.600. The summed E-state index contributed by atoms with van der Waals surface area (Å²) in [6.07, 6.45) is 1.69. The highest BCUT2D eigenvalue weighted by molar-refractivity contribution is 5.19. The maximum absolute atomic E-state index is 8.14. The first-order valence-electron chi connectivity index (χ1n) is 3.84. The molecular weight excluding hydrogens is 146 g/mol. The third-order valence-corrected chi connectivity index (χ3v) is 1.53. The van der Waals surface area contributed by atoms with Crippen molar-refractivity contribution < 1.29 is 0 Å². The number of hydrogen-bond acceptors (Lipinski definition) is 1. The van der Waals surface area contributed by atoms with Crippen LogP contribution in [0.3, 0.4) is 0 Å². The molecule has 0 unspecified atom stereocenters. The van der Waals surface area contributed by atoms with Crippen LogP contribution >= 0.6 is 0 Å². The fraction of sp³-hybridized carbons (Fsp3) is 0.182. The standard InChI is InChI=1S/C11H9N/c12-10-6-2-5-9-11-7-3-1-4-8-11/h1,3-4,7-8H,5,9H2. The second-order valence-electron chi connectivity index (χ2n) is 2.40. The Bertz CT molecular complexity index is 322. The summed E-state index contributed by atoms with van der Waals surface area (Å²) in [6.45, 7) is 0. The lowest BCUT2D eigenvalue weighted by atomic mass is 10.1. The van der Waals surface area contributed by atoms with Crippen molar-refractivity contribution in [2.75, 3.05) is 0 Å². The Morgan fingerprint density at radius 2 is 1.92 bits per heavy atom. The minimum atomic E-state index is 0.761. The average molecular weight is 155 g/mol.